The zero-order valence-corrected chi connectivity index (χ0v) is 9.93. The van der Waals surface area contributed by atoms with Crippen LogP contribution in [0.25, 0.3) is 0 Å². The number of ether oxygens (including phenoxy) is 2. The number of para-hydroxylation sites is 1. The highest BCUT2D eigenvalue weighted by Crippen LogP contribution is 2.40. The number of aromatic hydroxyl groups is 1. The molecule has 0 bridgehead atoms. The Morgan fingerprint density at radius 1 is 1.41 bits per heavy atom. The standard InChI is InChI=1S/C13H17NO3/c1-14-7-3-4-9(14)12-8-16-13-10(15)5-2-6-11(13)17-12/h2,5-6,9,12,15H,3-4,7-8H2,1H3/t9-,12-/m0/s1. The van der Waals surface area contributed by atoms with Crippen molar-refractivity contribution >= 4 is 0 Å². The molecule has 4 nitrogen and oxygen atoms in total. The first-order valence-electron chi connectivity index (χ1n) is 6.07. The van der Waals surface area contributed by atoms with Crippen LogP contribution in [0.2, 0.25) is 0 Å². The molecule has 0 aliphatic carbocycles. The topological polar surface area (TPSA) is 41.9 Å². The van der Waals surface area contributed by atoms with E-state index in [2.05, 4.69) is 11.9 Å². The first-order valence-corrected chi connectivity index (χ1v) is 6.07. The van der Waals surface area contributed by atoms with Gasteiger partial charge in [-0.05, 0) is 38.6 Å². The van der Waals surface area contributed by atoms with Gasteiger partial charge >= 0.3 is 0 Å². The molecule has 2 aliphatic rings. The fraction of sp³-hybridized carbons (Fsp3) is 0.538. The molecule has 1 fully saturated rings. The van der Waals surface area contributed by atoms with Gasteiger partial charge in [-0.1, -0.05) is 6.07 Å². The third-order valence-electron chi connectivity index (χ3n) is 3.63. The average molecular weight is 235 g/mol. The number of rotatable bonds is 1. The number of hydrogen-bond acceptors (Lipinski definition) is 4. The minimum absolute atomic E-state index is 0.0665. The molecule has 1 aromatic rings. The van der Waals surface area contributed by atoms with Crippen LogP contribution in [0, 0.1) is 0 Å². The van der Waals surface area contributed by atoms with Crippen molar-refractivity contribution in [3.05, 3.63) is 18.2 Å². The van der Waals surface area contributed by atoms with Gasteiger partial charge in [0.05, 0.1) is 0 Å². The Kier molecular flexibility index (Phi) is 2.59. The Labute approximate surface area is 101 Å². The molecule has 4 heteroatoms. The van der Waals surface area contributed by atoms with Gasteiger partial charge in [0.15, 0.2) is 11.5 Å². The van der Waals surface area contributed by atoms with Crippen molar-refractivity contribution in [3.8, 4) is 17.2 Å². The predicted molar refractivity (Wildman–Crippen MR) is 63.7 cm³/mol. The van der Waals surface area contributed by atoms with Crippen molar-refractivity contribution in [2.45, 2.75) is 25.0 Å². The summed E-state index contributed by atoms with van der Waals surface area (Å²) in [6.45, 7) is 1.64. The molecule has 2 heterocycles. The highest BCUT2D eigenvalue weighted by Gasteiger charge is 2.34. The van der Waals surface area contributed by atoms with Gasteiger partial charge in [0.1, 0.15) is 12.7 Å². The highest BCUT2D eigenvalue weighted by atomic mass is 16.6. The van der Waals surface area contributed by atoms with E-state index in [-0.39, 0.29) is 11.9 Å². The lowest BCUT2D eigenvalue weighted by atomic mass is 10.1. The van der Waals surface area contributed by atoms with Crippen molar-refractivity contribution in [1.82, 2.24) is 4.90 Å². The molecule has 2 atom stereocenters. The number of benzene rings is 1. The van der Waals surface area contributed by atoms with Crippen LogP contribution in [-0.2, 0) is 0 Å². The van der Waals surface area contributed by atoms with Crippen molar-refractivity contribution in [3.63, 3.8) is 0 Å². The van der Waals surface area contributed by atoms with Crippen LogP contribution in [0.1, 0.15) is 12.8 Å². The predicted octanol–water partition coefficient (Wildman–Crippen LogP) is 1.63. The molecule has 0 unspecified atom stereocenters. The second kappa shape index (κ2) is 4.11. The second-order valence-corrected chi connectivity index (χ2v) is 4.76. The molecule has 17 heavy (non-hydrogen) atoms. The minimum atomic E-state index is 0.0665. The van der Waals surface area contributed by atoms with Crippen LogP contribution < -0.4 is 9.47 Å². The van der Waals surface area contributed by atoms with Crippen LogP contribution in [-0.4, -0.2) is 42.4 Å². The maximum Gasteiger partial charge on any atom is 0.203 e. The number of fused-ring (bicyclic) bond motifs is 1. The molecule has 92 valence electrons. The lowest BCUT2D eigenvalue weighted by Gasteiger charge is -2.33. The van der Waals surface area contributed by atoms with Crippen LogP contribution in [0.5, 0.6) is 17.2 Å². The molecule has 0 aromatic heterocycles. The maximum absolute atomic E-state index is 9.64. The first kappa shape index (κ1) is 10.7. The smallest absolute Gasteiger partial charge is 0.203 e. The molecular formula is C13H17NO3. The summed E-state index contributed by atoms with van der Waals surface area (Å²) in [7, 11) is 2.12. The van der Waals surface area contributed by atoms with Gasteiger partial charge in [-0.25, -0.2) is 0 Å². The molecule has 1 aromatic carbocycles. The van der Waals surface area contributed by atoms with E-state index in [1.165, 1.54) is 6.42 Å². The van der Waals surface area contributed by atoms with Crippen molar-refractivity contribution in [2.75, 3.05) is 20.2 Å². The van der Waals surface area contributed by atoms with Crippen LogP contribution in [0.4, 0.5) is 0 Å². The van der Waals surface area contributed by atoms with Gasteiger partial charge in [0.2, 0.25) is 5.75 Å². The summed E-state index contributed by atoms with van der Waals surface area (Å²) in [4.78, 5) is 2.32. The van der Waals surface area contributed by atoms with Crippen molar-refractivity contribution in [2.24, 2.45) is 0 Å². The number of phenols is 1. The fourth-order valence-electron chi connectivity index (χ4n) is 2.70. The van der Waals surface area contributed by atoms with E-state index in [0.717, 1.165) is 13.0 Å². The number of likely N-dealkylation sites (tertiary alicyclic amines) is 1. The molecule has 3 rings (SSSR count). The second-order valence-electron chi connectivity index (χ2n) is 4.76. The van der Waals surface area contributed by atoms with E-state index < -0.39 is 0 Å². The summed E-state index contributed by atoms with van der Waals surface area (Å²) in [6.07, 6.45) is 2.43. The van der Waals surface area contributed by atoms with E-state index in [9.17, 15) is 5.11 Å². The lowest BCUT2D eigenvalue weighted by Crippen LogP contribution is -2.45. The summed E-state index contributed by atoms with van der Waals surface area (Å²) in [5.41, 5.74) is 0. The number of likely N-dealkylation sites (N-methyl/N-ethyl adjacent to an activating group) is 1. The molecule has 2 aliphatic heterocycles. The normalized spacial score (nSPS) is 28.3. The van der Waals surface area contributed by atoms with Gasteiger partial charge in [0, 0.05) is 6.04 Å². The van der Waals surface area contributed by atoms with E-state index in [4.69, 9.17) is 9.47 Å². The van der Waals surface area contributed by atoms with E-state index in [1.54, 1.807) is 12.1 Å². The zero-order valence-electron chi connectivity index (χ0n) is 9.93. The monoisotopic (exact) mass is 235 g/mol. The first-order chi connectivity index (χ1) is 8.25. The third-order valence-corrected chi connectivity index (χ3v) is 3.63. The Hall–Kier alpha value is -1.42. The number of phenolic OH excluding ortho intramolecular Hbond substituents is 1. The molecule has 0 amide bonds. The molecule has 0 radical (unpaired) electrons. The molecular weight excluding hydrogens is 218 g/mol. The van der Waals surface area contributed by atoms with E-state index >= 15 is 0 Å². The van der Waals surface area contributed by atoms with Crippen LogP contribution in [0.3, 0.4) is 0 Å². The number of nitrogens with zero attached hydrogens (tertiary/aromatic N) is 1. The quantitative estimate of drug-likeness (QED) is 0.803. The van der Waals surface area contributed by atoms with E-state index in [1.807, 2.05) is 6.07 Å². The SMILES string of the molecule is CN1CCC[C@H]1[C@@H]1COc2c(O)cccc2O1. The molecule has 0 saturated carbocycles. The molecule has 0 spiro atoms. The van der Waals surface area contributed by atoms with Gasteiger partial charge in [-0.3, -0.25) is 4.90 Å². The average Bonchev–Trinajstić information content (AvgIpc) is 2.75. The zero-order chi connectivity index (χ0) is 11.8. The van der Waals surface area contributed by atoms with Gasteiger partial charge < -0.3 is 14.6 Å². The van der Waals surface area contributed by atoms with Crippen LogP contribution in [0.15, 0.2) is 18.2 Å². The summed E-state index contributed by atoms with van der Waals surface area (Å²) in [5, 5.41) is 9.64. The summed E-state index contributed by atoms with van der Waals surface area (Å²) in [5.74, 6) is 1.28. The highest BCUT2D eigenvalue weighted by molar-refractivity contribution is 5.51. The Morgan fingerprint density at radius 2 is 2.29 bits per heavy atom. The van der Waals surface area contributed by atoms with Gasteiger partial charge in [-0.2, -0.15) is 0 Å². The Balaban J connectivity index is 1.81. The summed E-state index contributed by atoms with van der Waals surface area (Å²) >= 11 is 0. The number of hydrogen-bond donors (Lipinski definition) is 1. The summed E-state index contributed by atoms with van der Waals surface area (Å²) < 4.78 is 11.6. The Morgan fingerprint density at radius 3 is 3.06 bits per heavy atom. The van der Waals surface area contributed by atoms with Gasteiger partial charge in [0.25, 0.3) is 0 Å². The largest absolute Gasteiger partial charge is 0.504 e. The molecule has 1 saturated heterocycles. The van der Waals surface area contributed by atoms with E-state index in [0.29, 0.717) is 24.1 Å². The van der Waals surface area contributed by atoms with Gasteiger partial charge in [-0.15, -0.1) is 0 Å². The Bertz CT molecular complexity index is 421. The van der Waals surface area contributed by atoms with Crippen LogP contribution >= 0.6 is 0 Å². The lowest BCUT2D eigenvalue weighted by molar-refractivity contribution is 0.0352. The maximum atomic E-state index is 9.64. The fourth-order valence-corrected chi connectivity index (χ4v) is 2.70. The minimum Gasteiger partial charge on any atom is -0.504 e. The third kappa shape index (κ3) is 1.82. The van der Waals surface area contributed by atoms with Crippen molar-refractivity contribution in [1.29, 1.82) is 0 Å². The van der Waals surface area contributed by atoms with Crippen molar-refractivity contribution < 1.29 is 14.6 Å². The summed E-state index contributed by atoms with van der Waals surface area (Å²) in [6, 6.07) is 5.66. The molecule has 1 N–H and O–H groups in total.